The largest absolute Gasteiger partial charge is 0.187 e. The Hall–Kier alpha value is 0.197. The van der Waals surface area contributed by atoms with Gasteiger partial charge >= 0.3 is 17.1 Å². The fourth-order valence-electron chi connectivity index (χ4n) is 0. The van der Waals surface area contributed by atoms with Crippen LogP contribution < -0.4 is 0 Å². The van der Waals surface area contributed by atoms with E-state index in [1.54, 1.807) is 0 Å². The second-order valence-corrected chi connectivity index (χ2v) is 0.105. The standard InChI is InChI=1S/Al.BHO2.3H/c;2-1-3;;;/h;2H;;;. The first kappa shape index (κ1) is 8.89. The van der Waals surface area contributed by atoms with Crippen LogP contribution in [0, 0.1) is 0 Å². The summed E-state index contributed by atoms with van der Waals surface area (Å²) in [5.74, 6) is 0. The Balaban J connectivity index is 0. The van der Waals surface area contributed by atoms with Crippen LogP contribution in [0.1, 0.15) is 0 Å². The second kappa shape index (κ2) is 10.8. The Labute approximate surface area is 35.2 Å². The Bertz CT molecular complexity index is 13.5. The van der Waals surface area contributed by atoms with E-state index in [1.165, 1.54) is 0 Å². The molecule has 22 valence electrons. The molecule has 0 spiro atoms. The summed E-state index contributed by atoms with van der Waals surface area (Å²) >= 11 is 0. The molecule has 0 aromatic heterocycles. The van der Waals surface area contributed by atoms with Gasteiger partial charge in [0.15, 0.2) is 17.4 Å². The van der Waals surface area contributed by atoms with Crippen LogP contribution in [0.15, 0.2) is 0 Å². The minimum absolute atomic E-state index is 0. The van der Waals surface area contributed by atoms with Crippen LogP contribution in [0.5, 0.6) is 0 Å². The summed E-state index contributed by atoms with van der Waals surface area (Å²) in [6, 6.07) is 0. The second-order valence-electron chi connectivity index (χ2n) is 0.105. The molecule has 0 aliphatic rings. The van der Waals surface area contributed by atoms with Crippen molar-refractivity contribution in [1.29, 1.82) is 0 Å². The van der Waals surface area contributed by atoms with Gasteiger partial charge in [0.05, 0.1) is 0 Å². The van der Waals surface area contributed by atoms with Crippen molar-refractivity contribution in [2.24, 2.45) is 0 Å². The van der Waals surface area contributed by atoms with Crippen LogP contribution in [-0.4, -0.2) is 29.7 Å². The summed E-state index contributed by atoms with van der Waals surface area (Å²) in [5, 5.41) is 6.89. The molecule has 0 aliphatic carbocycles. The molecule has 0 saturated carbocycles. The Morgan fingerprint density at radius 1 is 1.75 bits per heavy atom. The Kier molecular flexibility index (Phi) is 23.9. The molecule has 0 rings (SSSR count). The zero-order valence-electron chi connectivity index (χ0n) is 1.43. The van der Waals surface area contributed by atoms with Gasteiger partial charge < -0.3 is 0 Å². The van der Waals surface area contributed by atoms with Gasteiger partial charge in [-0.25, -0.2) is 0 Å². The first-order valence-electron chi connectivity index (χ1n) is 0.494. The normalized spacial score (nSPS) is 2.00. The SMILES string of the molecule is O=BO.[AlH3]. The minimum Gasteiger partial charge on any atom is 0.187 e. The molecule has 0 fully saturated rings. The van der Waals surface area contributed by atoms with Crippen molar-refractivity contribution in [3.05, 3.63) is 0 Å². The van der Waals surface area contributed by atoms with Gasteiger partial charge in [-0.05, 0) is 0 Å². The van der Waals surface area contributed by atoms with Crippen molar-refractivity contribution in [3.8, 4) is 0 Å². The maximum Gasteiger partial charge on any atom is 0.187 e. The third-order valence-electron chi connectivity index (χ3n) is 0. The fraction of sp³-hybridized carbons (Fsp3) is 0. The molecular weight excluding hydrogens is 69.8 g/mol. The quantitative estimate of drug-likeness (QED) is 0.330. The van der Waals surface area contributed by atoms with Gasteiger partial charge in [0.1, 0.15) is 0 Å². The molecule has 0 heterocycles. The van der Waals surface area contributed by atoms with Crippen molar-refractivity contribution in [3.63, 3.8) is 0 Å². The van der Waals surface area contributed by atoms with E-state index < -0.39 is 0 Å². The summed E-state index contributed by atoms with van der Waals surface area (Å²) in [4.78, 5) is 0. The zero-order chi connectivity index (χ0) is 2.71. The first-order valence-corrected chi connectivity index (χ1v) is 0.494. The predicted octanol–water partition coefficient (Wildman–Crippen LogP) is -2.24. The molecule has 0 radical (unpaired) electrons. The topological polar surface area (TPSA) is 37.3 Å². The summed E-state index contributed by atoms with van der Waals surface area (Å²) < 4.78 is 8.36. The Morgan fingerprint density at radius 2 is 1.75 bits per heavy atom. The van der Waals surface area contributed by atoms with Crippen molar-refractivity contribution in [1.82, 2.24) is 0 Å². The molecule has 1 N–H and O–H groups in total. The molecule has 2 nitrogen and oxygen atoms in total. The summed E-state index contributed by atoms with van der Waals surface area (Å²) in [6.07, 6.45) is 0. The van der Waals surface area contributed by atoms with E-state index in [0.29, 0.717) is 0 Å². The van der Waals surface area contributed by atoms with E-state index in [9.17, 15) is 0 Å². The fourth-order valence-corrected chi connectivity index (χ4v) is 0. The van der Waals surface area contributed by atoms with Crippen LogP contribution >= 0.6 is 0 Å². The molecule has 0 amide bonds. The van der Waals surface area contributed by atoms with Crippen LogP contribution in [0.3, 0.4) is 0 Å². The monoisotopic (exact) mass is 74.0 g/mol. The maximum atomic E-state index is 8.36. The molecule has 0 atom stereocenters. The van der Waals surface area contributed by atoms with Gasteiger partial charge in [-0.3, -0.25) is 0 Å². The van der Waals surface area contributed by atoms with Crippen molar-refractivity contribution >= 4 is 24.7 Å². The smallest absolute Gasteiger partial charge is 0.187 e. The summed E-state index contributed by atoms with van der Waals surface area (Å²) in [6.45, 7) is 0. The molecule has 0 aromatic rings. The van der Waals surface area contributed by atoms with Crippen LogP contribution in [0.2, 0.25) is 0 Å². The summed E-state index contributed by atoms with van der Waals surface area (Å²) in [7, 11) is -0.250. The van der Waals surface area contributed by atoms with Gasteiger partial charge in [-0.15, -0.1) is 0 Å². The molecule has 0 bridgehead atoms. The molecule has 0 saturated heterocycles. The van der Waals surface area contributed by atoms with Crippen LogP contribution in [0.4, 0.5) is 0 Å². The predicted molar refractivity (Wildman–Crippen MR) is 18.6 cm³/mol. The average Bonchev–Trinajstić information content (AvgIpc) is 0.918. The molecule has 4 heteroatoms. The molecule has 0 aromatic carbocycles. The minimum atomic E-state index is -0.250. The van der Waals surface area contributed by atoms with Crippen molar-refractivity contribution in [2.45, 2.75) is 0 Å². The van der Waals surface area contributed by atoms with Gasteiger partial charge in [-0.1, -0.05) is 0 Å². The Morgan fingerprint density at radius 3 is 1.75 bits per heavy atom. The van der Waals surface area contributed by atoms with E-state index in [1.807, 2.05) is 0 Å². The van der Waals surface area contributed by atoms with E-state index in [0.717, 1.165) is 0 Å². The summed E-state index contributed by atoms with van der Waals surface area (Å²) in [5.41, 5.74) is 0. The van der Waals surface area contributed by atoms with E-state index in [4.69, 9.17) is 9.73 Å². The van der Waals surface area contributed by atoms with Gasteiger partial charge in [0.25, 0.3) is 0 Å². The zero-order valence-corrected chi connectivity index (χ0v) is 1.43. The molecule has 0 aliphatic heterocycles. The maximum absolute atomic E-state index is 8.36. The number of rotatable bonds is 0. The molecular formula is H4AlBO2. The van der Waals surface area contributed by atoms with Gasteiger partial charge in [-0.2, -0.15) is 0 Å². The molecule has 4 heavy (non-hydrogen) atoms. The van der Waals surface area contributed by atoms with Crippen molar-refractivity contribution in [2.75, 3.05) is 0 Å². The average molecular weight is 73.8 g/mol. The van der Waals surface area contributed by atoms with Crippen LogP contribution in [0.25, 0.3) is 0 Å². The van der Waals surface area contributed by atoms with Crippen LogP contribution in [-0.2, 0) is 4.70 Å². The number of hydrogen-bond acceptors (Lipinski definition) is 1. The van der Waals surface area contributed by atoms with Crippen molar-refractivity contribution < 1.29 is 9.73 Å². The van der Waals surface area contributed by atoms with E-state index in [-0.39, 0.29) is 24.7 Å². The molecule has 0 unspecified atom stereocenters. The van der Waals surface area contributed by atoms with E-state index >= 15 is 0 Å². The van der Waals surface area contributed by atoms with E-state index in [2.05, 4.69) is 0 Å². The first-order chi connectivity index (χ1) is 1.41. The van der Waals surface area contributed by atoms with Gasteiger partial charge in [0.2, 0.25) is 0 Å². The third kappa shape index (κ3) is 80.9. The van der Waals surface area contributed by atoms with Gasteiger partial charge in [0, 0.05) is 0 Å². The third-order valence-corrected chi connectivity index (χ3v) is 0. The number of hydrogen-bond donors (Lipinski definition) is 1.